The van der Waals surface area contributed by atoms with E-state index >= 15 is 0 Å². The Kier molecular flexibility index (Phi) is 5.96. The first-order chi connectivity index (χ1) is 7.24. The minimum absolute atomic E-state index is 0.502. The van der Waals surface area contributed by atoms with E-state index in [1.807, 2.05) is 11.3 Å². The van der Waals surface area contributed by atoms with Gasteiger partial charge in [0.15, 0.2) is 0 Å². The van der Waals surface area contributed by atoms with Crippen molar-refractivity contribution < 1.29 is 0 Å². The highest BCUT2D eigenvalue weighted by Gasteiger charge is 2.09. The molecule has 2 atom stereocenters. The van der Waals surface area contributed by atoms with E-state index in [0.717, 1.165) is 0 Å². The van der Waals surface area contributed by atoms with Gasteiger partial charge in [-0.3, -0.25) is 0 Å². The topological polar surface area (TPSA) is 12.0 Å². The van der Waals surface area contributed by atoms with Gasteiger partial charge in [-0.15, -0.1) is 11.3 Å². The molecule has 86 valence electrons. The summed E-state index contributed by atoms with van der Waals surface area (Å²) < 4.78 is 0. The number of hydrogen-bond acceptors (Lipinski definition) is 2. The first-order valence-corrected chi connectivity index (χ1v) is 6.91. The second kappa shape index (κ2) is 7.02. The Labute approximate surface area is 97.9 Å². The van der Waals surface area contributed by atoms with Crippen LogP contribution in [0.1, 0.15) is 57.4 Å². The molecule has 1 N–H and O–H groups in total. The lowest BCUT2D eigenvalue weighted by Gasteiger charge is -2.18. The van der Waals surface area contributed by atoms with Gasteiger partial charge in [0, 0.05) is 17.0 Å². The number of unbranched alkanes of at least 4 members (excludes halogenated alkanes) is 2. The predicted octanol–water partition coefficient (Wildman–Crippen LogP) is 4.37. The molecular formula is C13H23NS. The third kappa shape index (κ3) is 4.80. The fraction of sp³-hybridized carbons (Fsp3) is 0.692. The molecule has 1 heterocycles. The summed E-state index contributed by atoms with van der Waals surface area (Å²) in [5.41, 5.74) is 0. The standard InChI is InChI=1S/C13H23NS/c1-4-5-6-8-11(2)14-12(3)13-9-7-10-15-13/h7,9-12,14H,4-6,8H2,1-3H3. The van der Waals surface area contributed by atoms with Crippen LogP contribution in [0, 0.1) is 0 Å². The van der Waals surface area contributed by atoms with Crippen molar-refractivity contribution in [2.24, 2.45) is 0 Å². The van der Waals surface area contributed by atoms with Crippen LogP contribution in [0.2, 0.25) is 0 Å². The van der Waals surface area contributed by atoms with Gasteiger partial charge in [-0.25, -0.2) is 0 Å². The van der Waals surface area contributed by atoms with Gasteiger partial charge in [0.25, 0.3) is 0 Å². The van der Waals surface area contributed by atoms with Gasteiger partial charge in [0.1, 0.15) is 0 Å². The third-order valence-corrected chi connectivity index (χ3v) is 3.80. The van der Waals surface area contributed by atoms with E-state index in [1.165, 1.54) is 30.6 Å². The number of rotatable bonds is 7. The molecule has 0 saturated heterocycles. The van der Waals surface area contributed by atoms with E-state index in [9.17, 15) is 0 Å². The van der Waals surface area contributed by atoms with E-state index < -0.39 is 0 Å². The Morgan fingerprint density at radius 1 is 1.33 bits per heavy atom. The SMILES string of the molecule is CCCCCC(C)NC(C)c1cccs1. The smallest absolute Gasteiger partial charge is 0.0388 e. The first-order valence-electron chi connectivity index (χ1n) is 6.03. The summed E-state index contributed by atoms with van der Waals surface area (Å²) in [6.45, 7) is 6.80. The average Bonchev–Trinajstić information content (AvgIpc) is 2.70. The molecule has 1 rings (SSSR count). The Balaban J connectivity index is 2.22. The van der Waals surface area contributed by atoms with Crippen molar-refractivity contribution >= 4 is 11.3 Å². The molecule has 2 unspecified atom stereocenters. The van der Waals surface area contributed by atoms with Crippen LogP contribution >= 0.6 is 11.3 Å². The van der Waals surface area contributed by atoms with Crippen LogP contribution < -0.4 is 5.32 Å². The summed E-state index contributed by atoms with van der Waals surface area (Å²) in [4.78, 5) is 1.44. The molecule has 0 fully saturated rings. The maximum Gasteiger partial charge on any atom is 0.0388 e. The zero-order valence-corrected chi connectivity index (χ0v) is 10.9. The molecule has 2 heteroatoms. The average molecular weight is 225 g/mol. The van der Waals surface area contributed by atoms with Gasteiger partial charge in [-0.1, -0.05) is 32.3 Å². The Hall–Kier alpha value is -0.340. The fourth-order valence-corrected chi connectivity index (χ4v) is 2.57. The number of hydrogen-bond donors (Lipinski definition) is 1. The fourth-order valence-electron chi connectivity index (χ4n) is 1.83. The van der Waals surface area contributed by atoms with E-state index in [1.54, 1.807) is 0 Å². The van der Waals surface area contributed by atoms with E-state index in [4.69, 9.17) is 0 Å². The normalized spacial score (nSPS) is 15.1. The zero-order chi connectivity index (χ0) is 11.1. The van der Waals surface area contributed by atoms with Crippen molar-refractivity contribution in [2.45, 2.75) is 58.5 Å². The molecule has 0 bridgehead atoms. The molecule has 0 amide bonds. The van der Waals surface area contributed by atoms with Crippen LogP contribution in [0.25, 0.3) is 0 Å². The minimum atomic E-state index is 0.502. The molecule has 0 saturated carbocycles. The van der Waals surface area contributed by atoms with Gasteiger partial charge in [0.05, 0.1) is 0 Å². The maximum atomic E-state index is 3.65. The monoisotopic (exact) mass is 225 g/mol. The van der Waals surface area contributed by atoms with Crippen LogP contribution in [-0.2, 0) is 0 Å². The van der Waals surface area contributed by atoms with Crippen molar-refractivity contribution in [3.8, 4) is 0 Å². The van der Waals surface area contributed by atoms with Crippen LogP contribution in [0.15, 0.2) is 17.5 Å². The van der Waals surface area contributed by atoms with Crippen LogP contribution in [-0.4, -0.2) is 6.04 Å². The summed E-state index contributed by atoms with van der Waals surface area (Å²) >= 11 is 1.84. The van der Waals surface area contributed by atoms with Gasteiger partial charge in [-0.05, 0) is 31.7 Å². The lowest BCUT2D eigenvalue weighted by Crippen LogP contribution is -2.28. The number of thiophene rings is 1. The molecule has 0 spiro atoms. The van der Waals surface area contributed by atoms with E-state index in [-0.39, 0.29) is 0 Å². The molecule has 1 nitrogen and oxygen atoms in total. The highest BCUT2D eigenvalue weighted by atomic mass is 32.1. The summed E-state index contributed by atoms with van der Waals surface area (Å²) in [5, 5.41) is 5.80. The summed E-state index contributed by atoms with van der Waals surface area (Å²) in [6.07, 6.45) is 5.32. The summed E-state index contributed by atoms with van der Waals surface area (Å²) in [7, 11) is 0. The van der Waals surface area contributed by atoms with Gasteiger partial charge < -0.3 is 5.32 Å². The third-order valence-electron chi connectivity index (χ3n) is 2.75. The highest BCUT2D eigenvalue weighted by Crippen LogP contribution is 2.19. The molecule has 0 aliphatic rings. The molecule has 0 aromatic carbocycles. The van der Waals surface area contributed by atoms with Crippen LogP contribution in [0.5, 0.6) is 0 Å². The van der Waals surface area contributed by atoms with Gasteiger partial charge >= 0.3 is 0 Å². The Morgan fingerprint density at radius 3 is 2.73 bits per heavy atom. The second-order valence-electron chi connectivity index (χ2n) is 4.30. The molecule has 0 aliphatic carbocycles. The van der Waals surface area contributed by atoms with Gasteiger partial charge in [0.2, 0.25) is 0 Å². The van der Waals surface area contributed by atoms with E-state index in [2.05, 4.69) is 43.6 Å². The first kappa shape index (κ1) is 12.7. The van der Waals surface area contributed by atoms with Gasteiger partial charge in [-0.2, -0.15) is 0 Å². The molecule has 15 heavy (non-hydrogen) atoms. The van der Waals surface area contributed by atoms with Crippen molar-refractivity contribution in [2.75, 3.05) is 0 Å². The van der Waals surface area contributed by atoms with Crippen molar-refractivity contribution in [3.63, 3.8) is 0 Å². The zero-order valence-electron chi connectivity index (χ0n) is 10.1. The lowest BCUT2D eigenvalue weighted by molar-refractivity contribution is 0.443. The maximum absolute atomic E-state index is 3.65. The summed E-state index contributed by atoms with van der Waals surface area (Å²) in [5.74, 6) is 0. The Bertz CT molecular complexity index is 243. The molecule has 0 radical (unpaired) electrons. The van der Waals surface area contributed by atoms with Crippen molar-refractivity contribution in [1.82, 2.24) is 5.32 Å². The Morgan fingerprint density at radius 2 is 2.13 bits per heavy atom. The van der Waals surface area contributed by atoms with Crippen molar-refractivity contribution in [3.05, 3.63) is 22.4 Å². The largest absolute Gasteiger partial charge is 0.307 e. The van der Waals surface area contributed by atoms with Crippen LogP contribution in [0.4, 0.5) is 0 Å². The molecular weight excluding hydrogens is 202 g/mol. The van der Waals surface area contributed by atoms with E-state index in [0.29, 0.717) is 12.1 Å². The molecule has 0 aliphatic heterocycles. The highest BCUT2D eigenvalue weighted by molar-refractivity contribution is 7.10. The quantitative estimate of drug-likeness (QED) is 0.680. The van der Waals surface area contributed by atoms with Crippen molar-refractivity contribution in [1.29, 1.82) is 0 Å². The molecule has 1 aromatic heterocycles. The molecule has 1 aromatic rings. The van der Waals surface area contributed by atoms with Crippen LogP contribution in [0.3, 0.4) is 0 Å². The second-order valence-corrected chi connectivity index (χ2v) is 5.28. The number of nitrogens with one attached hydrogen (secondary N) is 1. The lowest BCUT2D eigenvalue weighted by atomic mass is 10.1. The predicted molar refractivity (Wildman–Crippen MR) is 69.5 cm³/mol. The summed E-state index contributed by atoms with van der Waals surface area (Å²) in [6, 6.07) is 5.47. The minimum Gasteiger partial charge on any atom is -0.307 e.